The quantitative estimate of drug-likeness (QED) is 0.615. The normalized spacial score (nSPS) is 17.2. The second-order valence-corrected chi connectivity index (χ2v) is 4.51. The van der Waals surface area contributed by atoms with Crippen molar-refractivity contribution in [3.05, 3.63) is 0 Å². The molecule has 0 aromatic heterocycles. The van der Waals surface area contributed by atoms with Crippen molar-refractivity contribution in [1.29, 1.82) is 0 Å². The summed E-state index contributed by atoms with van der Waals surface area (Å²) in [6.07, 6.45) is 2.45. The summed E-state index contributed by atoms with van der Waals surface area (Å²) in [6, 6.07) is 0. The van der Waals surface area contributed by atoms with Gasteiger partial charge >= 0.3 is 5.97 Å². The number of carbonyl (C=O) groups is 1. The molecule has 0 spiro atoms. The maximum atomic E-state index is 10.6. The van der Waals surface area contributed by atoms with Crippen LogP contribution in [0.25, 0.3) is 0 Å². The Morgan fingerprint density at radius 3 is 2.21 bits per heavy atom. The lowest BCUT2D eigenvalue weighted by atomic mass is 9.87. The predicted octanol–water partition coefficient (Wildman–Crippen LogP) is 3.26. The molecule has 0 aromatic rings. The molecular weight excluding hydrogens is 176 g/mol. The van der Waals surface area contributed by atoms with Gasteiger partial charge in [-0.2, -0.15) is 0 Å². The van der Waals surface area contributed by atoms with Crippen LogP contribution in [0.3, 0.4) is 0 Å². The van der Waals surface area contributed by atoms with Crippen LogP contribution in [0.1, 0.15) is 47.5 Å². The fourth-order valence-corrected chi connectivity index (χ4v) is 1.45. The highest BCUT2D eigenvalue weighted by molar-refractivity contribution is 5.65. The van der Waals surface area contributed by atoms with Gasteiger partial charge in [-0.25, -0.2) is 0 Å². The van der Waals surface area contributed by atoms with Crippen LogP contribution in [0, 0.1) is 17.8 Å². The van der Waals surface area contributed by atoms with Crippen molar-refractivity contribution in [2.24, 2.45) is 17.8 Å². The average Bonchev–Trinajstić information content (AvgIpc) is 2.13. The third-order valence-corrected chi connectivity index (χ3v) is 2.99. The molecule has 3 unspecified atom stereocenters. The highest BCUT2D eigenvalue weighted by atomic mass is 16.5. The molecule has 0 aliphatic heterocycles. The van der Waals surface area contributed by atoms with E-state index in [-0.39, 0.29) is 5.97 Å². The maximum absolute atomic E-state index is 10.6. The summed E-state index contributed by atoms with van der Waals surface area (Å²) in [5, 5.41) is 0. The van der Waals surface area contributed by atoms with E-state index in [2.05, 4.69) is 27.7 Å². The van der Waals surface area contributed by atoms with E-state index in [0.29, 0.717) is 18.4 Å². The second kappa shape index (κ2) is 6.86. The van der Waals surface area contributed by atoms with Gasteiger partial charge in [-0.3, -0.25) is 4.79 Å². The monoisotopic (exact) mass is 200 g/mol. The Kier molecular flexibility index (Phi) is 6.60. The van der Waals surface area contributed by atoms with Gasteiger partial charge in [0.1, 0.15) is 0 Å². The van der Waals surface area contributed by atoms with Gasteiger partial charge in [-0.15, -0.1) is 0 Å². The van der Waals surface area contributed by atoms with E-state index >= 15 is 0 Å². The Balaban J connectivity index is 3.75. The number of ether oxygens (including phenoxy) is 1. The molecule has 14 heavy (non-hydrogen) atoms. The first-order valence-corrected chi connectivity index (χ1v) is 5.60. The highest BCUT2D eigenvalue weighted by Gasteiger charge is 2.15. The van der Waals surface area contributed by atoms with Crippen molar-refractivity contribution in [1.82, 2.24) is 0 Å². The summed E-state index contributed by atoms with van der Waals surface area (Å²) in [5.74, 6) is 1.69. The van der Waals surface area contributed by atoms with Crippen molar-refractivity contribution < 1.29 is 9.53 Å². The van der Waals surface area contributed by atoms with Crippen LogP contribution in [0.15, 0.2) is 0 Å². The Bertz CT molecular complexity index is 166. The molecule has 0 radical (unpaired) electrons. The van der Waals surface area contributed by atoms with E-state index in [4.69, 9.17) is 4.74 Å². The third-order valence-electron chi connectivity index (χ3n) is 2.99. The number of esters is 1. The molecule has 0 rings (SSSR count). The lowest BCUT2D eigenvalue weighted by Gasteiger charge is -2.22. The molecule has 0 aromatic carbocycles. The minimum atomic E-state index is -0.174. The molecule has 0 saturated heterocycles. The van der Waals surface area contributed by atoms with E-state index in [1.165, 1.54) is 19.8 Å². The summed E-state index contributed by atoms with van der Waals surface area (Å²) in [5.41, 5.74) is 0. The largest absolute Gasteiger partial charge is 0.466 e. The molecule has 2 heteroatoms. The summed E-state index contributed by atoms with van der Waals surface area (Å²) in [4.78, 5) is 10.6. The van der Waals surface area contributed by atoms with Gasteiger partial charge in [0.15, 0.2) is 0 Å². The minimum Gasteiger partial charge on any atom is -0.466 e. The molecule has 0 fully saturated rings. The number of hydrogen-bond acceptors (Lipinski definition) is 2. The first-order valence-electron chi connectivity index (χ1n) is 5.60. The fourth-order valence-electron chi connectivity index (χ4n) is 1.45. The van der Waals surface area contributed by atoms with Crippen LogP contribution in [-0.4, -0.2) is 12.6 Å². The lowest BCUT2D eigenvalue weighted by Crippen LogP contribution is -2.18. The molecule has 0 heterocycles. The predicted molar refractivity (Wildman–Crippen MR) is 59.0 cm³/mol. The maximum Gasteiger partial charge on any atom is 0.302 e. The second-order valence-electron chi connectivity index (χ2n) is 4.51. The summed E-state index contributed by atoms with van der Waals surface area (Å²) in [7, 11) is 0. The first kappa shape index (κ1) is 13.5. The zero-order valence-corrected chi connectivity index (χ0v) is 10.2. The van der Waals surface area contributed by atoms with Crippen LogP contribution in [0.2, 0.25) is 0 Å². The van der Waals surface area contributed by atoms with Gasteiger partial charge in [-0.05, 0) is 24.2 Å². The Labute approximate surface area is 88.0 Å². The van der Waals surface area contributed by atoms with Crippen molar-refractivity contribution in [2.75, 3.05) is 6.61 Å². The van der Waals surface area contributed by atoms with Gasteiger partial charge < -0.3 is 4.74 Å². The number of carbonyl (C=O) groups excluding carboxylic acids is 1. The van der Waals surface area contributed by atoms with Crippen molar-refractivity contribution >= 4 is 5.97 Å². The van der Waals surface area contributed by atoms with Crippen molar-refractivity contribution in [3.63, 3.8) is 0 Å². The minimum absolute atomic E-state index is 0.174. The molecule has 3 atom stereocenters. The molecule has 0 aliphatic carbocycles. The van der Waals surface area contributed by atoms with Crippen LogP contribution >= 0.6 is 0 Å². The summed E-state index contributed by atoms with van der Waals surface area (Å²) in [6.45, 7) is 10.9. The van der Waals surface area contributed by atoms with Crippen LogP contribution in [-0.2, 0) is 9.53 Å². The smallest absolute Gasteiger partial charge is 0.302 e. The van der Waals surface area contributed by atoms with Gasteiger partial charge in [0, 0.05) is 6.92 Å². The first-order chi connectivity index (χ1) is 6.47. The zero-order valence-electron chi connectivity index (χ0n) is 10.2. The Hall–Kier alpha value is -0.530. The molecule has 0 aliphatic rings. The van der Waals surface area contributed by atoms with E-state index in [1.54, 1.807) is 0 Å². The highest BCUT2D eigenvalue weighted by Crippen LogP contribution is 2.21. The molecular formula is C12H24O2. The van der Waals surface area contributed by atoms with E-state index in [1.807, 2.05) is 0 Å². The average molecular weight is 200 g/mol. The Morgan fingerprint density at radius 1 is 1.21 bits per heavy atom. The topological polar surface area (TPSA) is 26.3 Å². The zero-order chi connectivity index (χ0) is 11.1. The standard InChI is InChI=1S/C12H24O2/c1-6-9(2)7-10(3)11(4)8-14-12(5)13/h9-11H,6-8H2,1-5H3. The van der Waals surface area contributed by atoms with Gasteiger partial charge in [0.2, 0.25) is 0 Å². The summed E-state index contributed by atoms with van der Waals surface area (Å²) >= 11 is 0. The van der Waals surface area contributed by atoms with Gasteiger partial charge in [0.05, 0.1) is 6.61 Å². The van der Waals surface area contributed by atoms with Crippen LogP contribution in [0.4, 0.5) is 0 Å². The molecule has 0 saturated carbocycles. The Morgan fingerprint density at radius 2 is 1.79 bits per heavy atom. The lowest BCUT2D eigenvalue weighted by molar-refractivity contribution is -0.142. The van der Waals surface area contributed by atoms with Crippen LogP contribution in [0.5, 0.6) is 0 Å². The molecule has 2 nitrogen and oxygen atoms in total. The molecule has 0 N–H and O–H groups in total. The van der Waals surface area contributed by atoms with Crippen molar-refractivity contribution in [2.45, 2.75) is 47.5 Å². The summed E-state index contributed by atoms with van der Waals surface area (Å²) < 4.78 is 5.00. The molecule has 84 valence electrons. The SMILES string of the molecule is CCC(C)CC(C)C(C)COC(C)=O. The van der Waals surface area contributed by atoms with Gasteiger partial charge in [-0.1, -0.05) is 34.1 Å². The third kappa shape index (κ3) is 6.01. The fraction of sp³-hybridized carbons (Fsp3) is 0.917. The van der Waals surface area contributed by atoms with Crippen molar-refractivity contribution in [3.8, 4) is 0 Å². The van der Waals surface area contributed by atoms with E-state index < -0.39 is 0 Å². The van der Waals surface area contributed by atoms with Gasteiger partial charge in [0.25, 0.3) is 0 Å². The van der Waals surface area contributed by atoms with Crippen LogP contribution < -0.4 is 0 Å². The van der Waals surface area contributed by atoms with E-state index in [9.17, 15) is 4.79 Å². The van der Waals surface area contributed by atoms with E-state index in [0.717, 1.165) is 5.92 Å². The number of rotatable bonds is 6. The number of hydrogen-bond donors (Lipinski definition) is 0. The molecule has 0 amide bonds. The molecule has 0 bridgehead atoms.